The molecule has 2 rings (SSSR count). The van der Waals surface area contributed by atoms with Crippen LogP contribution < -0.4 is 11.0 Å². The van der Waals surface area contributed by atoms with Crippen molar-refractivity contribution in [2.24, 2.45) is 0 Å². The maximum atomic E-state index is 11.7. The lowest BCUT2D eigenvalue weighted by atomic mass is 10.2. The molecule has 0 aliphatic rings. The first-order valence-electron chi connectivity index (χ1n) is 5.69. The van der Waals surface area contributed by atoms with Gasteiger partial charge in [-0.05, 0) is 18.2 Å². The first kappa shape index (κ1) is 12.9. The number of aromatic carboxylic acids is 1. The van der Waals surface area contributed by atoms with E-state index in [1.165, 1.54) is 29.8 Å². The van der Waals surface area contributed by atoms with Crippen LogP contribution in [0.5, 0.6) is 0 Å². The summed E-state index contributed by atoms with van der Waals surface area (Å²) in [6.45, 7) is 0.196. The van der Waals surface area contributed by atoms with E-state index >= 15 is 0 Å². The van der Waals surface area contributed by atoms with Crippen LogP contribution in [-0.4, -0.2) is 33.6 Å². The highest BCUT2D eigenvalue weighted by molar-refractivity contribution is 5.92. The highest BCUT2D eigenvalue weighted by Gasteiger charge is 2.11. The molecule has 100 valence electrons. The molecule has 0 unspecified atom stereocenters. The molecule has 7 heteroatoms. The zero-order valence-corrected chi connectivity index (χ0v) is 10.3. The summed E-state index contributed by atoms with van der Waals surface area (Å²) in [7, 11) is 1.52. The Hall–Kier alpha value is -2.57. The number of fused-ring (bicyclic) bond motifs is 1. The first-order valence-corrected chi connectivity index (χ1v) is 5.69. The summed E-state index contributed by atoms with van der Waals surface area (Å²) in [6.07, 6.45) is 0.153. The van der Waals surface area contributed by atoms with Crippen molar-refractivity contribution < 1.29 is 14.7 Å². The molecule has 19 heavy (non-hydrogen) atoms. The molecular formula is C12H13N3O4. The van der Waals surface area contributed by atoms with Crippen molar-refractivity contribution in [1.29, 1.82) is 0 Å². The topological polar surface area (TPSA) is 104 Å². The first-order chi connectivity index (χ1) is 9.02. The number of nitrogens with one attached hydrogen (secondary N) is 2. The van der Waals surface area contributed by atoms with Gasteiger partial charge in [-0.2, -0.15) is 0 Å². The van der Waals surface area contributed by atoms with Gasteiger partial charge >= 0.3 is 11.7 Å². The fourth-order valence-corrected chi connectivity index (χ4v) is 1.85. The molecule has 0 saturated heterocycles. The fourth-order valence-electron chi connectivity index (χ4n) is 1.85. The number of benzene rings is 1. The summed E-state index contributed by atoms with van der Waals surface area (Å²) < 4.78 is 1.36. The Morgan fingerprint density at radius 2 is 2.16 bits per heavy atom. The van der Waals surface area contributed by atoms with Crippen LogP contribution in [0.25, 0.3) is 11.0 Å². The van der Waals surface area contributed by atoms with E-state index in [1.54, 1.807) is 0 Å². The van der Waals surface area contributed by atoms with Gasteiger partial charge in [0.05, 0.1) is 16.6 Å². The van der Waals surface area contributed by atoms with Gasteiger partial charge in [0.25, 0.3) is 0 Å². The van der Waals surface area contributed by atoms with Crippen LogP contribution in [0.1, 0.15) is 16.8 Å². The minimum Gasteiger partial charge on any atom is -0.478 e. The standard InChI is InChI=1S/C12H13N3O4/c1-13-10(16)4-5-15-9-6-7(11(17)18)2-3-8(9)14-12(15)19/h2-3,6H,4-5H2,1H3,(H,13,16)(H,14,19)(H,17,18). The summed E-state index contributed by atoms with van der Waals surface area (Å²) in [6, 6.07) is 4.37. The number of H-pyrrole nitrogens is 1. The van der Waals surface area contributed by atoms with Gasteiger partial charge in [-0.15, -0.1) is 0 Å². The highest BCUT2D eigenvalue weighted by atomic mass is 16.4. The van der Waals surface area contributed by atoms with E-state index in [0.717, 1.165) is 0 Å². The van der Waals surface area contributed by atoms with Gasteiger partial charge in [-0.1, -0.05) is 0 Å². The van der Waals surface area contributed by atoms with Crippen LogP contribution in [0.15, 0.2) is 23.0 Å². The number of carboxylic acids is 1. The Kier molecular flexibility index (Phi) is 3.37. The molecule has 1 amide bonds. The number of aromatic nitrogens is 2. The van der Waals surface area contributed by atoms with E-state index in [0.29, 0.717) is 11.0 Å². The predicted octanol–water partition coefficient (Wildman–Crippen LogP) is 0.164. The van der Waals surface area contributed by atoms with Gasteiger partial charge in [0.2, 0.25) is 5.91 Å². The summed E-state index contributed by atoms with van der Waals surface area (Å²) in [5.74, 6) is -1.25. The number of imidazole rings is 1. The molecule has 1 aromatic carbocycles. The zero-order chi connectivity index (χ0) is 14.0. The van der Waals surface area contributed by atoms with Crippen LogP contribution in [0, 0.1) is 0 Å². The van der Waals surface area contributed by atoms with Gasteiger partial charge in [0.1, 0.15) is 0 Å². The van der Waals surface area contributed by atoms with E-state index < -0.39 is 5.97 Å². The van der Waals surface area contributed by atoms with Gasteiger partial charge in [-0.25, -0.2) is 9.59 Å². The van der Waals surface area contributed by atoms with Gasteiger partial charge in [0, 0.05) is 20.0 Å². The number of rotatable bonds is 4. The van der Waals surface area contributed by atoms with Gasteiger partial charge in [0.15, 0.2) is 0 Å². The number of hydrogen-bond acceptors (Lipinski definition) is 3. The second-order valence-electron chi connectivity index (χ2n) is 4.04. The molecule has 7 nitrogen and oxygen atoms in total. The fraction of sp³-hybridized carbons (Fsp3) is 0.250. The quantitative estimate of drug-likeness (QED) is 0.731. The van der Waals surface area contributed by atoms with Crippen LogP contribution in [0.2, 0.25) is 0 Å². The Balaban J connectivity index is 2.44. The average molecular weight is 263 g/mol. The monoisotopic (exact) mass is 263 g/mol. The summed E-state index contributed by atoms with van der Waals surface area (Å²) in [5, 5.41) is 11.4. The second-order valence-corrected chi connectivity index (χ2v) is 4.04. The molecule has 0 aliphatic carbocycles. The normalized spacial score (nSPS) is 10.6. The zero-order valence-electron chi connectivity index (χ0n) is 10.3. The van der Waals surface area contributed by atoms with E-state index in [4.69, 9.17) is 5.11 Å². The second kappa shape index (κ2) is 4.97. The molecule has 1 heterocycles. The highest BCUT2D eigenvalue weighted by Crippen LogP contribution is 2.13. The number of aromatic amines is 1. The number of carbonyl (C=O) groups excluding carboxylic acids is 1. The molecule has 0 saturated carbocycles. The Morgan fingerprint density at radius 3 is 2.79 bits per heavy atom. The predicted molar refractivity (Wildman–Crippen MR) is 68.2 cm³/mol. The average Bonchev–Trinajstić information content (AvgIpc) is 2.70. The van der Waals surface area contributed by atoms with E-state index in [2.05, 4.69) is 10.3 Å². The molecule has 0 radical (unpaired) electrons. The van der Waals surface area contributed by atoms with Crippen molar-refractivity contribution in [2.45, 2.75) is 13.0 Å². The number of nitrogens with zero attached hydrogens (tertiary/aromatic N) is 1. The van der Waals surface area contributed by atoms with Crippen LogP contribution in [0.4, 0.5) is 0 Å². The molecule has 0 spiro atoms. The Morgan fingerprint density at radius 1 is 1.42 bits per heavy atom. The van der Waals surface area contributed by atoms with E-state index in [9.17, 15) is 14.4 Å². The smallest absolute Gasteiger partial charge is 0.335 e. The van der Waals surface area contributed by atoms with Gasteiger partial charge < -0.3 is 15.4 Å². The molecule has 0 atom stereocenters. The Bertz CT molecular complexity index is 699. The van der Waals surface area contributed by atoms with Gasteiger partial charge in [-0.3, -0.25) is 9.36 Å². The Labute approximate surface area is 107 Å². The maximum absolute atomic E-state index is 11.7. The number of carboxylic acid groups (broad SMARTS) is 1. The lowest BCUT2D eigenvalue weighted by Gasteiger charge is -2.03. The van der Waals surface area contributed by atoms with E-state index in [-0.39, 0.29) is 30.1 Å². The third kappa shape index (κ3) is 2.49. The molecular weight excluding hydrogens is 250 g/mol. The molecule has 0 bridgehead atoms. The van der Waals surface area contributed by atoms with Crippen molar-refractivity contribution >= 4 is 22.9 Å². The van der Waals surface area contributed by atoms with Crippen LogP contribution in [0.3, 0.4) is 0 Å². The number of carbonyl (C=O) groups is 2. The minimum absolute atomic E-state index is 0.0974. The van der Waals surface area contributed by atoms with Crippen molar-refractivity contribution in [2.75, 3.05) is 7.05 Å². The van der Waals surface area contributed by atoms with Crippen LogP contribution >= 0.6 is 0 Å². The largest absolute Gasteiger partial charge is 0.478 e. The summed E-state index contributed by atoms with van der Waals surface area (Å²) >= 11 is 0. The molecule has 0 fully saturated rings. The van der Waals surface area contributed by atoms with Crippen molar-refractivity contribution in [1.82, 2.24) is 14.9 Å². The summed E-state index contributed by atoms with van der Waals surface area (Å²) in [5.41, 5.74) is 0.766. The van der Waals surface area contributed by atoms with Crippen molar-refractivity contribution in [3.8, 4) is 0 Å². The minimum atomic E-state index is -1.06. The van der Waals surface area contributed by atoms with Crippen LogP contribution in [-0.2, 0) is 11.3 Å². The lowest BCUT2D eigenvalue weighted by molar-refractivity contribution is -0.120. The third-order valence-corrected chi connectivity index (χ3v) is 2.86. The molecule has 3 N–H and O–H groups in total. The lowest BCUT2D eigenvalue weighted by Crippen LogP contribution is -2.23. The molecule has 1 aromatic heterocycles. The molecule has 2 aromatic rings. The molecule has 0 aliphatic heterocycles. The summed E-state index contributed by atoms with van der Waals surface area (Å²) in [4.78, 5) is 36.5. The number of hydrogen-bond donors (Lipinski definition) is 3. The van der Waals surface area contributed by atoms with Crippen molar-refractivity contribution in [3.63, 3.8) is 0 Å². The third-order valence-electron chi connectivity index (χ3n) is 2.86. The number of amides is 1. The maximum Gasteiger partial charge on any atom is 0.335 e. The number of aryl methyl sites for hydroxylation is 1. The van der Waals surface area contributed by atoms with E-state index in [1.807, 2.05) is 0 Å². The van der Waals surface area contributed by atoms with Crippen molar-refractivity contribution in [3.05, 3.63) is 34.2 Å². The SMILES string of the molecule is CNC(=O)CCn1c(=O)[nH]c2ccc(C(=O)O)cc21.